The van der Waals surface area contributed by atoms with Gasteiger partial charge in [-0.2, -0.15) is 0 Å². The van der Waals surface area contributed by atoms with E-state index in [1.165, 1.54) is 11.3 Å². The van der Waals surface area contributed by atoms with Crippen molar-refractivity contribution in [1.29, 1.82) is 0 Å². The minimum atomic E-state index is -0.958. The van der Waals surface area contributed by atoms with Gasteiger partial charge in [-0.1, -0.05) is 77.4 Å². The van der Waals surface area contributed by atoms with E-state index in [2.05, 4.69) is 15.4 Å². The van der Waals surface area contributed by atoms with Gasteiger partial charge in [0, 0.05) is 41.2 Å². The van der Waals surface area contributed by atoms with Crippen LogP contribution in [0.2, 0.25) is 5.02 Å². The number of halogens is 1. The Bertz CT molecular complexity index is 1650. The summed E-state index contributed by atoms with van der Waals surface area (Å²) in [6.07, 6.45) is -0.127. The van der Waals surface area contributed by atoms with Crippen LogP contribution < -0.4 is 10.2 Å². The van der Waals surface area contributed by atoms with Crippen LogP contribution >= 0.6 is 22.9 Å². The van der Waals surface area contributed by atoms with Crippen LogP contribution in [0.15, 0.2) is 88.8 Å². The number of benzene rings is 3. The Balaban J connectivity index is 1.41. The zero-order valence-corrected chi connectivity index (χ0v) is 23.8. The van der Waals surface area contributed by atoms with E-state index in [0.29, 0.717) is 29.4 Å². The second-order valence-corrected chi connectivity index (χ2v) is 10.6. The molecular formula is C31H27ClN4O4S. The quantitative estimate of drug-likeness (QED) is 0.174. The molecule has 1 amide bonds. The Morgan fingerprint density at radius 1 is 1.00 bits per heavy atom. The lowest BCUT2D eigenvalue weighted by molar-refractivity contribution is -0.136. The third-order valence-corrected chi connectivity index (χ3v) is 7.73. The molecule has 5 aromatic rings. The SMILES string of the molecule is Cc1onc(-c2ccccc2)c1-c1csc(N(Cc2ccc(C(=O)NCCC(=O)O)cc2)Cc2ccccc2Cl)n1. The van der Waals surface area contributed by atoms with Gasteiger partial charge in [0.25, 0.3) is 5.91 Å². The highest BCUT2D eigenvalue weighted by molar-refractivity contribution is 7.14. The van der Waals surface area contributed by atoms with Crippen molar-refractivity contribution in [2.75, 3.05) is 11.4 Å². The van der Waals surface area contributed by atoms with E-state index in [0.717, 1.165) is 38.8 Å². The summed E-state index contributed by atoms with van der Waals surface area (Å²) in [5.74, 6) is -0.579. The Morgan fingerprint density at radius 3 is 2.46 bits per heavy atom. The zero-order valence-electron chi connectivity index (χ0n) is 22.2. The fourth-order valence-electron chi connectivity index (χ4n) is 4.38. The number of nitrogens with zero attached hydrogens (tertiary/aromatic N) is 3. The molecule has 5 rings (SSSR count). The average molecular weight is 587 g/mol. The molecule has 0 saturated carbocycles. The van der Waals surface area contributed by atoms with Crippen LogP contribution in [0.3, 0.4) is 0 Å². The van der Waals surface area contributed by atoms with E-state index in [1.807, 2.05) is 79.0 Å². The molecule has 0 fully saturated rings. The van der Waals surface area contributed by atoms with Crippen LogP contribution in [0, 0.1) is 6.92 Å². The third-order valence-electron chi connectivity index (χ3n) is 6.46. The summed E-state index contributed by atoms with van der Waals surface area (Å²) < 4.78 is 5.57. The van der Waals surface area contributed by atoms with Gasteiger partial charge in [0.05, 0.1) is 17.7 Å². The predicted octanol–water partition coefficient (Wildman–Crippen LogP) is 6.84. The summed E-state index contributed by atoms with van der Waals surface area (Å²) in [7, 11) is 0. The number of carboxylic acid groups (broad SMARTS) is 1. The van der Waals surface area contributed by atoms with Crippen LogP contribution in [0.5, 0.6) is 0 Å². The maximum absolute atomic E-state index is 12.4. The number of carboxylic acids is 1. The number of anilines is 1. The number of aliphatic carboxylic acids is 1. The van der Waals surface area contributed by atoms with Crippen molar-refractivity contribution in [3.63, 3.8) is 0 Å². The van der Waals surface area contributed by atoms with Gasteiger partial charge in [0.15, 0.2) is 5.13 Å². The molecule has 2 heterocycles. The van der Waals surface area contributed by atoms with E-state index in [4.69, 9.17) is 26.2 Å². The second-order valence-electron chi connectivity index (χ2n) is 9.39. The highest BCUT2D eigenvalue weighted by Crippen LogP contribution is 2.37. The number of hydrogen-bond donors (Lipinski definition) is 2. The molecule has 2 aromatic heterocycles. The summed E-state index contributed by atoms with van der Waals surface area (Å²) in [4.78, 5) is 30.3. The van der Waals surface area contributed by atoms with Gasteiger partial charge in [0.2, 0.25) is 0 Å². The molecule has 0 saturated heterocycles. The molecular weight excluding hydrogens is 560 g/mol. The van der Waals surface area contributed by atoms with Gasteiger partial charge >= 0.3 is 5.97 Å². The van der Waals surface area contributed by atoms with Crippen LogP contribution in [0.1, 0.15) is 33.7 Å². The lowest BCUT2D eigenvalue weighted by Gasteiger charge is -2.23. The number of nitrogens with one attached hydrogen (secondary N) is 1. The smallest absolute Gasteiger partial charge is 0.305 e. The monoisotopic (exact) mass is 586 g/mol. The summed E-state index contributed by atoms with van der Waals surface area (Å²) in [6, 6.07) is 24.8. The summed E-state index contributed by atoms with van der Waals surface area (Å²) >= 11 is 8.05. The van der Waals surface area contributed by atoms with E-state index >= 15 is 0 Å². The van der Waals surface area contributed by atoms with Crippen LogP contribution in [-0.2, 0) is 17.9 Å². The minimum absolute atomic E-state index is 0.0750. The number of rotatable bonds is 11. The Morgan fingerprint density at radius 2 is 1.73 bits per heavy atom. The topological polar surface area (TPSA) is 109 Å². The van der Waals surface area contributed by atoms with Gasteiger partial charge < -0.3 is 19.8 Å². The fourth-order valence-corrected chi connectivity index (χ4v) is 5.39. The van der Waals surface area contributed by atoms with Gasteiger partial charge in [-0.05, 0) is 36.2 Å². The van der Waals surface area contributed by atoms with Crippen LogP contribution in [0.4, 0.5) is 5.13 Å². The number of carbonyl (C=O) groups excluding carboxylic acids is 1. The first-order chi connectivity index (χ1) is 19.9. The molecule has 0 aliphatic heterocycles. The molecule has 0 spiro atoms. The van der Waals surface area contributed by atoms with Gasteiger partial charge in [-0.15, -0.1) is 11.3 Å². The van der Waals surface area contributed by atoms with Crippen LogP contribution in [0.25, 0.3) is 22.5 Å². The predicted molar refractivity (Wildman–Crippen MR) is 160 cm³/mol. The largest absolute Gasteiger partial charge is 0.481 e. The van der Waals surface area contributed by atoms with Crippen molar-refractivity contribution in [2.24, 2.45) is 0 Å². The number of aromatic nitrogens is 2. The maximum atomic E-state index is 12.4. The number of amides is 1. The van der Waals surface area contributed by atoms with Gasteiger partial charge in [0.1, 0.15) is 11.5 Å². The molecule has 0 unspecified atom stereocenters. The number of thiazole rings is 1. The normalized spacial score (nSPS) is 10.9. The molecule has 2 N–H and O–H groups in total. The van der Waals surface area contributed by atoms with Crippen molar-refractivity contribution in [1.82, 2.24) is 15.5 Å². The molecule has 0 aliphatic rings. The Labute approximate surface area is 246 Å². The summed E-state index contributed by atoms with van der Waals surface area (Å²) in [5, 5.41) is 19.2. The molecule has 8 nitrogen and oxygen atoms in total. The van der Waals surface area contributed by atoms with Crippen LogP contribution in [-0.4, -0.2) is 33.7 Å². The number of aryl methyl sites for hydroxylation is 1. The van der Waals surface area contributed by atoms with E-state index < -0.39 is 5.97 Å². The Kier molecular flexibility index (Phi) is 8.76. The molecule has 0 atom stereocenters. The first-order valence-corrected chi connectivity index (χ1v) is 14.2. The van der Waals surface area contributed by atoms with E-state index in [9.17, 15) is 9.59 Å². The number of hydrogen-bond acceptors (Lipinski definition) is 7. The molecule has 0 bridgehead atoms. The molecule has 208 valence electrons. The lowest BCUT2D eigenvalue weighted by Crippen LogP contribution is -2.26. The van der Waals surface area contributed by atoms with Crippen molar-refractivity contribution >= 4 is 39.9 Å². The third kappa shape index (κ3) is 6.82. The molecule has 3 aromatic carbocycles. The molecule has 41 heavy (non-hydrogen) atoms. The highest BCUT2D eigenvalue weighted by Gasteiger charge is 2.21. The standard InChI is InChI=1S/C31H27ClN4O4S/c1-20-28(29(35-40-20)22-7-3-2-4-8-22)26-19-41-31(34-26)36(18-24-9-5-6-10-25(24)32)17-21-11-13-23(14-12-21)30(39)33-16-15-27(37)38/h2-14,19H,15-18H2,1H3,(H,33,39)(H,37,38). The Hall–Kier alpha value is -4.47. The van der Waals surface area contributed by atoms with E-state index in [1.54, 1.807) is 12.1 Å². The van der Waals surface area contributed by atoms with Crippen molar-refractivity contribution in [3.05, 3.63) is 112 Å². The first kappa shape index (κ1) is 28.1. The van der Waals surface area contributed by atoms with E-state index in [-0.39, 0.29) is 18.9 Å². The second kappa shape index (κ2) is 12.8. The van der Waals surface area contributed by atoms with Gasteiger partial charge in [-0.3, -0.25) is 9.59 Å². The highest BCUT2D eigenvalue weighted by atomic mass is 35.5. The first-order valence-electron chi connectivity index (χ1n) is 12.9. The summed E-state index contributed by atoms with van der Waals surface area (Å²) in [6.45, 7) is 3.01. The molecule has 10 heteroatoms. The van der Waals surface area contributed by atoms with Gasteiger partial charge in [-0.25, -0.2) is 4.98 Å². The minimum Gasteiger partial charge on any atom is -0.481 e. The lowest BCUT2D eigenvalue weighted by atomic mass is 10.0. The molecule has 0 radical (unpaired) electrons. The van der Waals surface area contributed by atoms with Crippen molar-refractivity contribution in [3.8, 4) is 22.5 Å². The number of carbonyl (C=O) groups is 2. The van der Waals surface area contributed by atoms with Crippen molar-refractivity contribution < 1.29 is 19.2 Å². The summed E-state index contributed by atoms with van der Waals surface area (Å²) in [5.41, 5.74) is 5.73. The molecule has 0 aliphatic carbocycles. The average Bonchev–Trinajstić information content (AvgIpc) is 3.61. The van der Waals surface area contributed by atoms with Crippen molar-refractivity contribution in [2.45, 2.75) is 26.4 Å². The maximum Gasteiger partial charge on any atom is 0.305 e. The zero-order chi connectivity index (χ0) is 28.8. The fraction of sp³-hybridized carbons (Fsp3) is 0.161.